The van der Waals surface area contributed by atoms with Crippen molar-refractivity contribution in [3.63, 3.8) is 0 Å². The molecule has 98 valence electrons. The predicted molar refractivity (Wildman–Crippen MR) is 61.9 cm³/mol. The molecule has 0 aliphatic carbocycles. The minimum atomic E-state index is 0.0341. The van der Waals surface area contributed by atoms with Gasteiger partial charge in [-0.05, 0) is 0 Å². The minimum Gasteiger partial charge on any atom is -0.478 e. The van der Waals surface area contributed by atoms with Crippen LogP contribution in [0.5, 0.6) is 5.88 Å². The number of aliphatic hydroxyl groups excluding tert-OH is 1. The van der Waals surface area contributed by atoms with Crippen LogP contribution in [-0.2, 0) is 16.0 Å². The van der Waals surface area contributed by atoms with Crippen molar-refractivity contribution in [1.29, 1.82) is 0 Å². The first-order chi connectivity index (χ1) is 8.27. The Bertz CT molecular complexity index is 316. The van der Waals surface area contributed by atoms with Crippen molar-refractivity contribution in [1.82, 2.24) is 9.78 Å². The summed E-state index contributed by atoms with van der Waals surface area (Å²) < 4.78 is 17.0. The van der Waals surface area contributed by atoms with E-state index in [0.717, 1.165) is 0 Å². The molecule has 3 N–H and O–H groups in total. The summed E-state index contributed by atoms with van der Waals surface area (Å²) in [5.41, 5.74) is 6.16. The monoisotopic (exact) mass is 245 g/mol. The number of nitrogen functional groups attached to an aromatic ring is 1. The smallest absolute Gasteiger partial charge is 0.256 e. The molecule has 1 aromatic heterocycles. The number of hydrogen-bond donors (Lipinski definition) is 2. The molecule has 0 aliphatic rings. The van der Waals surface area contributed by atoms with Gasteiger partial charge < -0.3 is 25.1 Å². The predicted octanol–water partition coefficient (Wildman–Crippen LogP) is -0.501. The summed E-state index contributed by atoms with van der Waals surface area (Å²) in [5.74, 6) is 0.427. The van der Waals surface area contributed by atoms with Gasteiger partial charge in [-0.15, -0.1) is 5.10 Å². The fourth-order valence-corrected chi connectivity index (χ4v) is 1.24. The minimum absolute atomic E-state index is 0.0341. The Morgan fingerprint density at radius 2 is 2.00 bits per heavy atom. The first-order valence-electron chi connectivity index (χ1n) is 5.41. The summed E-state index contributed by atoms with van der Waals surface area (Å²) in [4.78, 5) is 0. The highest BCUT2D eigenvalue weighted by atomic mass is 16.5. The van der Waals surface area contributed by atoms with Gasteiger partial charge >= 0.3 is 0 Å². The molecule has 0 aliphatic heterocycles. The van der Waals surface area contributed by atoms with E-state index in [-0.39, 0.29) is 6.61 Å². The van der Waals surface area contributed by atoms with Crippen LogP contribution >= 0.6 is 0 Å². The fraction of sp³-hybridized carbons (Fsp3) is 0.700. The van der Waals surface area contributed by atoms with Crippen molar-refractivity contribution in [2.24, 2.45) is 0 Å². The van der Waals surface area contributed by atoms with Crippen LogP contribution in [0.2, 0.25) is 0 Å². The van der Waals surface area contributed by atoms with Crippen LogP contribution in [0.25, 0.3) is 0 Å². The van der Waals surface area contributed by atoms with Crippen molar-refractivity contribution < 1.29 is 19.3 Å². The van der Waals surface area contributed by atoms with Crippen molar-refractivity contribution in [3.05, 3.63) is 6.20 Å². The third-order valence-electron chi connectivity index (χ3n) is 2.02. The summed E-state index contributed by atoms with van der Waals surface area (Å²) in [6.45, 7) is 2.47. The quantitative estimate of drug-likeness (QED) is 0.570. The normalized spacial score (nSPS) is 10.7. The molecule has 0 bridgehead atoms. The topological polar surface area (TPSA) is 91.8 Å². The molecule has 0 spiro atoms. The maximum atomic E-state index is 8.47. The zero-order valence-electron chi connectivity index (χ0n) is 9.96. The molecule has 1 rings (SSSR count). The van der Waals surface area contributed by atoms with Crippen LogP contribution in [0.3, 0.4) is 0 Å². The van der Waals surface area contributed by atoms with Gasteiger partial charge in [-0.25, -0.2) is 0 Å². The molecule has 1 aromatic rings. The number of methoxy groups -OCH3 is 1. The summed E-state index contributed by atoms with van der Waals surface area (Å²) in [7, 11) is 1.53. The number of hydrogen-bond acceptors (Lipinski definition) is 6. The Balaban J connectivity index is 2.09. The number of anilines is 1. The number of aliphatic hydroxyl groups is 1. The van der Waals surface area contributed by atoms with E-state index in [1.165, 1.54) is 7.11 Å². The van der Waals surface area contributed by atoms with E-state index < -0.39 is 0 Å². The Morgan fingerprint density at radius 3 is 2.59 bits per heavy atom. The number of nitrogens with zero attached hydrogens (tertiary/aromatic N) is 2. The Morgan fingerprint density at radius 1 is 1.29 bits per heavy atom. The lowest BCUT2D eigenvalue weighted by Gasteiger charge is -2.04. The van der Waals surface area contributed by atoms with Gasteiger partial charge in [-0.2, -0.15) is 0 Å². The van der Waals surface area contributed by atoms with Gasteiger partial charge in [-0.1, -0.05) is 0 Å². The van der Waals surface area contributed by atoms with Crippen LogP contribution in [0.1, 0.15) is 0 Å². The van der Waals surface area contributed by atoms with Crippen molar-refractivity contribution in [2.75, 3.05) is 45.9 Å². The number of rotatable bonds is 9. The van der Waals surface area contributed by atoms with Crippen LogP contribution in [0.15, 0.2) is 6.20 Å². The summed E-state index contributed by atoms with van der Waals surface area (Å²) in [6.07, 6.45) is 1.70. The van der Waals surface area contributed by atoms with E-state index in [0.29, 0.717) is 44.5 Å². The van der Waals surface area contributed by atoms with Gasteiger partial charge in [0.15, 0.2) is 0 Å². The van der Waals surface area contributed by atoms with Crippen molar-refractivity contribution in [3.8, 4) is 5.88 Å². The first kappa shape index (κ1) is 13.8. The molecule has 17 heavy (non-hydrogen) atoms. The van der Waals surface area contributed by atoms with Gasteiger partial charge in [0.1, 0.15) is 5.69 Å². The molecular formula is C10H19N3O4. The SMILES string of the molecule is COc1nn(CCOCCOCCO)cc1N. The maximum Gasteiger partial charge on any atom is 0.256 e. The highest BCUT2D eigenvalue weighted by Gasteiger charge is 2.04. The second kappa shape index (κ2) is 7.88. The second-order valence-corrected chi connectivity index (χ2v) is 3.31. The van der Waals surface area contributed by atoms with Crippen LogP contribution < -0.4 is 10.5 Å². The second-order valence-electron chi connectivity index (χ2n) is 3.31. The van der Waals surface area contributed by atoms with Gasteiger partial charge in [0.25, 0.3) is 5.88 Å². The van der Waals surface area contributed by atoms with Gasteiger partial charge in [-0.3, -0.25) is 4.68 Å². The zero-order valence-corrected chi connectivity index (χ0v) is 9.96. The molecule has 7 nitrogen and oxygen atoms in total. The highest BCUT2D eigenvalue weighted by molar-refractivity contribution is 5.45. The van der Waals surface area contributed by atoms with Crippen LogP contribution in [-0.4, -0.2) is 55.0 Å². The molecule has 0 atom stereocenters. The largest absolute Gasteiger partial charge is 0.478 e. The average molecular weight is 245 g/mol. The first-order valence-corrected chi connectivity index (χ1v) is 5.41. The average Bonchev–Trinajstić information content (AvgIpc) is 2.68. The summed E-state index contributed by atoms with van der Waals surface area (Å²) in [5, 5.41) is 12.6. The third-order valence-corrected chi connectivity index (χ3v) is 2.02. The van der Waals surface area contributed by atoms with E-state index >= 15 is 0 Å². The lowest BCUT2D eigenvalue weighted by Crippen LogP contribution is -2.11. The third kappa shape index (κ3) is 5.03. The number of nitrogens with two attached hydrogens (primary N) is 1. The molecule has 1 heterocycles. The van der Waals surface area contributed by atoms with Gasteiger partial charge in [0.05, 0.1) is 52.9 Å². The molecule has 0 fully saturated rings. The van der Waals surface area contributed by atoms with E-state index in [1.807, 2.05) is 0 Å². The number of aromatic nitrogens is 2. The highest BCUT2D eigenvalue weighted by Crippen LogP contribution is 2.16. The Hall–Kier alpha value is -1.31. The Kier molecular flexibility index (Phi) is 6.38. The van der Waals surface area contributed by atoms with Gasteiger partial charge in [0, 0.05) is 0 Å². The molecule has 0 saturated carbocycles. The zero-order chi connectivity index (χ0) is 12.5. The van der Waals surface area contributed by atoms with E-state index in [1.54, 1.807) is 10.9 Å². The molecule has 7 heteroatoms. The number of ether oxygens (including phenoxy) is 3. The van der Waals surface area contributed by atoms with Crippen LogP contribution in [0, 0.1) is 0 Å². The summed E-state index contributed by atoms with van der Waals surface area (Å²) >= 11 is 0. The Labute approximate surface area is 100 Å². The van der Waals surface area contributed by atoms with Crippen molar-refractivity contribution >= 4 is 5.69 Å². The van der Waals surface area contributed by atoms with Gasteiger partial charge in [0.2, 0.25) is 0 Å². The molecule has 0 saturated heterocycles. The van der Waals surface area contributed by atoms with Crippen LogP contribution in [0.4, 0.5) is 5.69 Å². The lowest BCUT2D eigenvalue weighted by molar-refractivity contribution is 0.0303. The van der Waals surface area contributed by atoms with E-state index in [4.69, 9.17) is 25.1 Å². The molecule has 0 amide bonds. The molecular weight excluding hydrogens is 226 g/mol. The summed E-state index contributed by atoms with van der Waals surface area (Å²) in [6, 6.07) is 0. The lowest BCUT2D eigenvalue weighted by atomic mass is 10.6. The molecule has 0 radical (unpaired) electrons. The van der Waals surface area contributed by atoms with E-state index in [9.17, 15) is 0 Å². The molecule has 0 unspecified atom stereocenters. The maximum absolute atomic E-state index is 8.47. The fourth-order valence-electron chi connectivity index (χ4n) is 1.24. The van der Waals surface area contributed by atoms with E-state index in [2.05, 4.69) is 5.10 Å². The standard InChI is InChI=1S/C10H19N3O4/c1-15-10-9(11)8-13(12-10)2-4-16-6-7-17-5-3-14/h8,14H,2-7,11H2,1H3. The molecule has 0 aromatic carbocycles. The van der Waals surface area contributed by atoms with Crippen molar-refractivity contribution in [2.45, 2.75) is 6.54 Å².